The number of aromatic nitrogens is 4. The van der Waals surface area contributed by atoms with Crippen LogP contribution in [0.3, 0.4) is 0 Å². The number of hydrogen-bond acceptors (Lipinski definition) is 6. The molecule has 1 N–H and O–H groups in total. The average Bonchev–Trinajstić information content (AvgIpc) is 3.45. The van der Waals surface area contributed by atoms with Crippen LogP contribution in [0.4, 0.5) is 17.5 Å². The van der Waals surface area contributed by atoms with E-state index in [4.69, 9.17) is 37.9 Å². The molecule has 0 aliphatic heterocycles. The van der Waals surface area contributed by atoms with Crippen molar-refractivity contribution in [3.05, 3.63) is 82.0 Å². The van der Waals surface area contributed by atoms with Crippen molar-refractivity contribution in [1.29, 1.82) is 0 Å². The van der Waals surface area contributed by atoms with Gasteiger partial charge in [0.25, 0.3) is 0 Å². The van der Waals surface area contributed by atoms with Gasteiger partial charge >= 0.3 is 0 Å². The highest BCUT2D eigenvalue weighted by molar-refractivity contribution is 6.30. The van der Waals surface area contributed by atoms with Crippen molar-refractivity contribution in [2.45, 2.75) is 18.8 Å². The number of nitrogens with zero attached hydrogens (tertiary/aromatic N) is 5. The molecule has 4 aromatic rings. The summed E-state index contributed by atoms with van der Waals surface area (Å²) in [7, 11) is 5.65. The van der Waals surface area contributed by atoms with Gasteiger partial charge in [-0.1, -0.05) is 35.3 Å². The van der Waals surface area contributed by atoms with Gasteiger partial charge in [-0.2, -0.15) is 4.98 Å². The van der Waals surface area contributed by atoms with Gasteiger partial charge in [-0.05, 0) is 42.7 Å². The molecule has 0 bridgehead atoms. The van der Waals surface area contributed by atoms with Crippen molar-refractivity contribution in [3.63, 3.8) is 0 Å². The summed E-state index contributed by atoms with van der Waals surface area (Å²) in [5, 5.41) is 4.52. The summed E-state index contributed by atoms with van der Waals surface area (Å²) in [6.07, 6.45) is 5.31. The van der Waals surface area contributed by atoms with Gasteiger partial charge in [0.1, 0.15) is 23.0 Å². The molecule has 0 radical (unpaired) electrons. The fraction of sp³-hybridized carbons (Fsp3) is 0.240. The van der Waals surface area contributed by atoms with Crippen LogP contribution in [0.5, 0.6) is 5.75 Å². The van der Waals surface area contributed by atoms with E-state index in [2.05, 4.69) is 22.4 Å². The van der Waals surface area contributed by atoms with E-state index in [1.54, 1.807) is 19.6 Å². The molecule has 5 rings (SSSR count). The zero-order valence-electron chi connectivity index (χ0n) is 19.1. The Morgan fingerprint density at radius 1 is 1.09 bits per heavy atom. The van der Waals surface area contributed by atoms with Gasteiger partial charge in [0, 0.05) is 48.5 Å². The Balaban J connectivity index is 1.50. The fourth-order valence-corrected chi connectivity index (χ4v) is 4.69. The zero-order chi connectivity index (χ0) is 23.8. The highest BCUT2D eigenvalue weighted by Gasteiger charge is 2.30. The lowest BCUT2D eigenvalue weighted by molar-refractivity contribution is 0.413. The van der Waals surface area contributed by atoms with Crippen LogP contribution in [0.2, 0.25) is 10.2 Å². The molecule has 1 unspecified atom stereocenters. The second-order valence-electron chi connectivity index (χ2n) is 8.39. The minimum Gasteiger partial charge on any atom is -0.494 e. The van der Waals surface area contributed by atoms with Gasteiger partial charge in [0.15, 0.2) is 0 Å². The average molecular weight is 495 g/mol. The number of rotatable bonds is 6. The topological polar surface area (TPSA) is 68.1 Å². The molecule has 7 nitrogen and oxygen atoms in total. The number of hydrogen-bond donors (Lipinski definition) is 1. The molecule has 0 fully saturated rings. The van der Waals surface area contributed by atoms with Crippen LogP contribution in [-0.2, 0) is 6.42 Å². The Bertz CT molecular complexity index is 1340. The van der Waals surface area contributed by atoms with Gasteiger partial charge in [-0.25, -0.2) is 9.97 Å². The van der Waals surface area contributed by atoms with Crippen LogP contribution in [-0.4, -0.2) is 40.7 Å². The standard InChI is InChI=1S/C25H24Cl2N6O/c1-32(2)24-19-10-9-18(15-4-6-16(26)7-5-15)23(19)30-25(31-24)29-17-8-11-20(21(12-17)34-3)33-13-22(27)28-14-33/h4-8,11-14,18H,9-10H2,1-3H3,(H,29,30,31). The largest absolute Gasteiger partial charge is 0.494 e. The highest BCUT2D eigenvalue weighted by atomic mass is 35.5. The Hall–Kier alpha value is -3.29. The number of fused-ring (bicyclic) bond motifs is 1. The lowest BCUT2D eigenvalue weighted by Gasteiger charge is -2.19. The first-order valence-electron chi connectivity index (χ1n) is 10.9. The third kappa shape index (κ3) is 4.29. The predicted octanol–water partition coefficient (Wildman–Crippen LogP) is 5.87. The number of anilines is 3. The first-order chi connectivity index (χ1) is 16.4. The van der Waals surface area contributed by atoms with Crippen molar-refractivity contribution >= 4 is 40.7 Å². The van der Waals surface area contributed by atoms with Crippen LogP contribution < -0.4 is 15.0 Å². The molecule has 0 amide bonds. The van der Waals surface area contributed by atoms with Gasteiger partial charge in [0.05, 0.1) is 18.5 Å². The van der Waals surface area contributed by atoms with E-state index in [1.807, 2.05) is 53.9 Å². The summed E-state index contributed by atoms with van der Waals surface area (Å²) in [5.41, 5.74) is 5.11. The SMILES string of the molecule is COc1cc(Nc2nc3c(c(N(C)C)n2)CCC3c2ccc(Cl)cc2)ccc1-n1cnc(Cl)c1. The summed E-state index contributed by atoms with van der Waals surface area (Å²) >= 11 is 12.1. The normalized spacial score (nSPS) is 14.7. The number of benzene rings is 2. The van der Waals surface area contributed by atoms with E-state index in [0.717, 1.165) is 40.8 Å². The maximum atomic E-state index is 6.11. The molecule has 0 saturated heterocycles. The lowest BCUT2D eigenvalue weighted by Crippen LogP contribution is -2.16. The van der Waals surface area contributed by atoms with Crippen molar-refractivity contribution in [3.8, 4) is 11.4 Å². The van der Waals surface area contributed by atoms with Crippen LogP contribution >= 0.6 is 23.2 Å². The van der Waals surface area contributed by atoms with E-state index in [0.29, 0.717) is 16.9 Å². The van der Waals surface area contributed by atoms with E-state index in [1.165, 1.54) is 11.1 Å². The summed E-state index contributed by atoms with van der Waals surface area (Å²) in [6.45, 7) is 0. The Kier molecular flexibility index (Phi) is 6.06. The molecular weight excluding hydrogens is 471 g/mol. The Morgan fingerprint density at radius 3 is 2.56 bits per heavy atom. The number of nitrogens with one attached hydrogen (secondary N) is 1. The fourth-order valence-electron chi connectivity index (χ4n) is 4.42. The highest BCUT2D eigenvalue weighted by Crippen LogP contribution is 2.41. The minimum atomic E-state index is 0.206. The van der Waals surface area contributed by atoms with Crippen LogP contribution in [0.1, 0.15) is 29.2 Å². The van der Waals surface area contributed by atoms with Gasteiger partial charge in [-0.3, -0.25) is 0 Å². The van der Waals surface area contributed by atoms with Crippen molar-refractivity contribution < 1.29 is 4.74 Å². The first-order valence-corrected chi connectivity index (χ1v) is 11.7. The van der Waals surface area contributed by atoms with Gasteiger partial charge < -0.3 is 19.5 Å². The molecule has 2 aromatic carbocycles. The maximum Gasteiger partial charge on any atom is 0.229 e. The molecule has 0 spiro atoms. The van der Waals surface area contributed by atoms with Crippen molar-refractivity contribution in [2.24, 2.45) is 0 Å². The second-order valence-corrected chi connectivity index (χ2v) is 9.21. The van der Waals surface area contributed by atoms with Gasteiger partial charge in [0.2, 0.25) is 5.95 Å². The van der Waals surface area contributed by atoms with E-state index in [-0.39, 0.29) is 5.92 Å². The van der Waals surface area contributed by atoms with Crippen molar-refractivity contribution in [2.75, 3.05) is 31.4 Å². The maximum absolute atomic E-state index is 6.11. The summed E-state index contributed by atoms with van der Waals surface area (Å²) in [4.78, 5) is 15.9. The number of imidazole rings is 1. The predicted molar refractivity (Wildman–Crippen MR) is 136 cm³/mol. The van der Waals surface area contributed by atoms with Crippen molar-refractivity contribution in [1.82, 2.24) is 19.5 Å². The van der Waals surface area contributed by atoms with Crippen LogP contribution in [0, 0.1) is 0 Å². The number of methoxy groups -OCH3 is 1. The molecule has 1 aliphatic rings. The third-order valence-corrected chi connectivity index (χ3v) is 6.44. The molecule has 0 saturated carbocycles. The van der Waals surface area contributed by atoms with E-state index >= 15 is 0 Å². The lowest BCUT2D eigenvalue weighted by atomic mass is 9.97. The van der Waals surface area contributed by atoms with E-state index in [9.17, 15) is 0 Å². The molecular formula is C25H24Cl2N6O. The Morgan fingerprint density at radius 2 is 1.88 bits per heavy atom. The molecule has 34 heavy (non-hydrogen) atoms. The molecule has 2 heterocycles. The summed E-state index contributed by atoms with van der Waals surface area (Å²) in [6, 6.07) is 13.8. The quantitative estimate of drug-likeness (QED) is 0.361. The second kappa shape index (κ2) is 9.16. The summed E-state index contributed by atoms with van der Waals surface area (Å²) < 4.78 is 7.43. The smallest absolute Gasteiger partial charge is 0.229 e. The molecule has 9 heteroatoms. The number of ether oxygens (including phenoxy) is 1. The minimum absolute atomic E-state index is 0.206. The zero-order valence-corrected chi connectivity index (χ0v) is 20.6. The summed E-state index contributed by atoms with van der Waals surface area (Å²) in [5.74, 6) is 2.36. The van der Waals surface area contributed by atoms with Gasteiger partial charge in [-0.15, -0.1) is 0 Å². The third-order valence-electron chi connectivity index (χ3n) is 5.99. The first kappa shape index (κ1) is 22.5. The molecule has 1 atom stereocenters. The molecule has 2 aromatic heterocycles. The number of halogens is 2. The van der Waals surface area contributed by atoms with E-state index < -0.39 is 0 Å². The monoisotopic (exact) mass is 494 g/mol. The molecule has 174 valence electrons. The Labute approximate surface area is 208 Å². The van der Waals surface area contributed by atoms with Crippen LogP contribution in [0.15, 0.2) is 55.0 Å². The molecule has 1 aliphatic carbocycles. The van der Waals surface area contributed by atoms with Crippen LogP contribution in [0.25, 0.3) is 5.69 Å².